The predicted octanol–water partition coefficient (Wildman–Crippen LogP) is 3.14. The van der Waals surface area contributed by atoms with E-state index in [1.54, 1.807) is 12.6 Å². The maximum atomic E-state index is 13.0. The molecule has 0 saturated carbocycles. The highest BCUT2D eigenvalue weighted by atomic mass is 32.1. The minimum Gasteiger partial charge on any atom is -0.497 e. The van der Waals surface area contributed by atoms with E-state index in [0.717, 1.165) is 21.9 Å². The molecule has 148 valence electrons. The number of nitrogens with zero attached hydrogens (tertiary/aromatic N) is 3. The summed E-state index contributed by atoms with van der Waals surface area (Å²) in [6, 6.07) is 7.97. The molecular weight excluding hydrogens is 374 g/mol. The zero-order valence-electron chi connectivity index (χ0n) is 16.4. The van der Waals surface area contributed by atoms with E-state index in [0.29, 0.717) is 32.0 Å². The Bertz CT molecular complexity index is 879. The first-order valence-electron chi connectivity index (χ1n) is 9.66. The molecule has 2 amide bonds. The number of aryl methyl sites for hydroxylation is 1. The van der Waals surface area contributed by atoms with Gasteiger partial charge in [-0.3, -0.25) is 9.59 Å². The smallest absolute Gasteiger partial charge is 0.265 e. The number of rotatable bonds is 4. The molecule has 3 atom stereocenters. The van der Waals surface area contributed by atoms with Gasteiger partial charge in [-0.2, -0.15) is 0 Å². The number of hydrogen-bond acceptors (Lipinski definition) is 5. The van der Waals surface area contributed by atoms with E-state index in [4.69, 9.17) is 4.74 Å². The number of likely N-dealkylation sites (tertiary alicyclic amines) is 2. The van der Waals surface area contributed by atoms with Crippen molar-refractivity contribution < 1.29 is 14.3 Å². The van der Waals surface area contributed by atoms with Crippen LogP contribution in [0.15, 0.2) is 29.8 Å². The van der Waals surface area contributed by atoms with Crippen molar-refractivity contribution in [1.82, 2.24) is 14.8 Å². The largest absolute Gasteiger partial charge is 0.497 e. The summed E-state index contributed by atoms with van der Waals surface area (Å²) in [7, 11) is 1.65. The maximum absolute atomic E-state index is 13.0. The van der Waals surface area contributed by atoms with Crippen molar-refractivity contribution in [2.75, 3.05) is 26.7 Å². The molecule has 2 saturated heterocycles. The summed E-state index contributed by atoms with van der Waals surface area (Å²) < 4.78 is 5.28. The molecule has 0 bridgehead atoms. The van der Waals surface area contributed by atoms with Crippen LogP contribution in [0, 0.1) is 18.8 Å². The zero-order valence-corrected chi connectivity index (χ0v) is 17.2. The third-order valence-electron chi connectivity index (χ3n) is 5.97. The molecule has 2 aliphatic heterocycles. The molecule has 1 aromatic carbocycles. The van der Waals surface area contributed by atoms with Gasteiger partial charge >= 0.3 is 0 Å². The first kappa shape index (κ1) is 18.9. The molecule has 0 aliphatic carbocycles. The summed E-state index contributed by atoms with van der Waals surface area (Å²) in [5.74, 6) is 1.60. The molecule has 4 rings (SSSR count). The van der Waals surface area contributed by atoms with Gasteiger partial charge in [0, 0.05) is 37.9 Å². The van der Waals surface area contributed by atoms with Crippen molar-refractivity contribution in [3.8, 4) is 5.75 Å². The average Bonchev–Trinajstić information content (AvgIpc) is 3.40. The van der Waals surface area contributed by atoms with Crippen molar-refractivity contribution in [2.24, 2.45) is 11.8 Å². The molecule has 2 aromatic rings. The quantitative estimate of drug-likeness (QED) is 0.792. The van der Waals surface area contributed by atoms with Crippen molar-refractivity contribution in [2.45, 2.75) is 26.3 Å². The molecule has 0 unspecified atom stereocenters. The van der Waals surface area contributed by atoms with Gasteiger partial charge in [0.2, 0.25) is 5.91 Å². The Balaban J connectivity index is 1.60. The number of ether oxygens (including phenoxy) is 1. The van der Waals surface area contributed by atoms with Crippen LogP contribution in [0.25, 0.3) is 0 Å². The summed E-state index contributed by atoms with van der Waals surface area (Å²) >= 11 is 1.40. The van der Waals surface area contributed by atoms with Crippen LogP contribution < -0.4 is 4.74 Å². The highest BCUT2D eigenvalue weighted by Gasteiger charge is 2.50. The number of benzene rings is 1. The van der Waals surface area contributed by atoms with E-state index in [9.17, 15) is 9.59 Å². The fraction of sp³-hybridized carbons (Fsp3) is 0.476. The van der Waals surface area contributed by atoms with Gasteiger partial charge in [0.15, 0.2) is 0 Å². The second-order valence-corrected chi connectivity index (χ2v) is 8.37. The minimum absolute atomic E-state index is 0.00344. The molecule has 0 radical (unpaired) electrons. The Labute approximate surface area is 169 Å². The van der Waals surface area contributed by atoms with Gasteiger partial charge in [0.1, 0.15) is 10.6 Å². The van der Waals surface area contributed by atoms with Crippen LogP contribution in [0.2, 0.25) is 0 Å². The maximum Gasteiger partial charge on any atom is 0.265 e. The van der Waals surface area contributed by atoms with Crippen LogP contribution in [0.5, 0.6) is 5.75 Å². The van der Waals surface area contributed by atoms with Crippen molar-refractivity contribution in [3.05, 3.63) is 45.9 Å². The Morgan fingerprint density at radius 1 is 1.21 bits per heavy atom. The summed E-state index contributed by atoms with van der Waals surface area (Å²) in [5, 5.41) is 0. The van der Waals surface area contributed by atoms with Crippen LogP contribution >= 0.6 is 11.3 Å². The van der Waals surface area contributed by atoms with Crippen LogP contribution in [-0.2, 0) is 4.79 Å². The van der Waals surface area contributed by atoms with E-state index in [1.165, 1.54) is 11.3 Å². The van der Waals surface area contributed by atoms with Gasteiger partial charge in [-0.05, 0) is 24.6 Å². The fourth-order valence-corrected chi connectivity index (χ4v) is 5.32. The van der Waals surface area contributed by atoms with Crippen molar-refractivity contribution in [3.63, 3.8) is 0 Å². The Morgan fingerprint density at radius 2 is 1.96 bits per heavy atom. The first-order valence-corrected chi connectivity index (χ1v) is 10.5. The lowest BCUT2D eigenvalue weighted by atomic mass is 9.89. The summed E-state index contributed by atoms with van der Waals surface area (Å²) in [4.78, 5) is 34.5. The highest BCUT2D eigenvalue weighted by molar-refractivity contribution is 7.11. The average molecular weight is 400 g/mol. The minimum atomic E-state index is 0.00344. The van der Waals surface area contributed by atoms with Gasteiger partial charge in [-0.25, -0.2) is 4.98 Å². The summed E-state index contributed by atoms with van der Waals surface area (Å²) in [6.45, 7) is 5.86. The molecule has 0 spiro atoms. The van der Waals surface area contributed by atoms with Crippen LogP contribution in [0.1, 0.15) is 40.3 Å². The van der Waals surface area contributed by atoms with Gasteiger partial charge in [0.05, 0.1) is 24.4 Å². The molecule has 7 heteroatoms. The number of aromatic nitrogens is 1. The molecule has 6 nitrogen and oxygen atoms in total. The third kappa shape index (κ3) is 3.17. The highest BCUT2D eigenvalue weighted by Crippen LogP contribution is 2.45. The van der Waals surface area contributed by atoms with E-state index in [2.05, 4.69) is 4.98 Å². The lowest BCUT2D eigenvalue weighted by Crippen LogP contribution is -2.37. The second kappa shape index (κ2) is 7.54. The Morgan fingerprint density at radius 3 is 2.57 bits per heavy atom. The third-order valence-corrected chi connectivity index (χ3v) is 6.89. The standard InChI is InChI=1S/C21H25N3O3S/c1-4-18(25)24-10-15-9-23(21(26)20-13(2)22-12-28-20)11-17(15)19(24)14-5-7-16(27-3)8-6-14/h5-8,12,15,17,19H,4,9-11H2,1-3H3/t15-,17-,19-/m0/s1. The van der Waals surface area contributed by atoms with E-state index in [-0.39, 0.29) is 23.8 Å². The molecular formula is C21H25N3O3S. The predicted molar refractivity (Wildman–Crippen MR) is 107 cm³/mol. The van der Waals surface area contributed by atoms with Crippen molar-refractivity contribution >= 4 is 23.2 Å². The normalized spacial score (nSPS) is 23.8. The molecule has 28 heavy (non-hydrogen) atoms. The van der Waals surface area contributed by atoms with Crippen LogP contribution in [-0.4, -0.2) is 53.3 Å². The molecule has 3 heterocycles. The number of hydrogen-bond donors (Lipinski definition) is 0. The van der Waals surface area contributed by atoms with E-state index in [1.807, 2.05) is 47.9 Å². The zero-order chi connectivity index (χ0) is 19.8. The Kier molecular flexibility index (Phi) is 5.10. The fourth-order valence-electron chi connectivity index (χ4n) is 4.55. The SMILES string of the molecule is CCC(=O)N1C[C@@H]2CN(C(=O)c3scnc3C)C[C@@H]2[C@@H]1c1ccc(OC)cc1. The van der Waals surface area contributed by atoms with E-state index >= 15 is 0 Å². The molecule has 2 aliphatic rings. The van der Waals surface area contributed by atoms with E-state index < -0.39 is 0 Å². The molecule has 2 fully saturated rings. The van der Waals surface area contributed by atoms with Gasteiger partial charge in [-0.1, -0.05) is 19.1 Å². The Hall–Kier alpha value is -2.41. The topological polar surface area (TPSA) is 62.7 Å². The number of fused-ring (bicyclic) bond motifs is 1. The van der Waals surface area contributed by atoms with Crippen molar-refractivity contribution in [1.29, 1.82) is 0 Å². The molecule has 1 aromatic heterocycles. The lowest BCUT2D eigenvalue weighted by Gasteiger charge is -2.30. The lowest BCUT2D eigenvalue weighted by molar-refractivity contribution is -0.132. The van der Waals surface area contributed by atoms with Crippen LogP contribution in [0.4, 0.5) is 0 Å². The second-order valence-electron chi connectivity index (χ2n) is 7.52. The number of thiazole rings is 1. The first-order chi connectivity index (χ1) is 13.5. The number of carbonyl (C=O) groups excluding carboxylic acids is 2. The molecule has 0 N–H and O–H groups in total. The van der Waals surface area contributed by atoms with Gasteiger partial charge in [0.25, 0.3) is 5.91 Å². The summed E-state index contributed by atoms with van der Waals surface area (Å²) in [5.41, 5.74) is 3.63. The number of methoxy groups -OCH3 is 1. The van der Waals surface area contributed by atoms with Crippen LogP contribution in [0.3, 0.4) is 0 Å². The number of amides is 2. The summed E-state index contributed by atoms with van der Waals surface area (Å²) in [6.07, 6.45) is 0.495. The van der Waals surface area contributed by atoms with Gasteiger partial charge in [-0.15, -0.1) is 11.3 Å². The monoisotopic (exact) mass is 399 g/mol. The van der Waals surface area contributed by atoms with Gasteiger partial charge < -0.3 is 14.5 Å². The number of carbonyl (C=O) groups is 2.